The van der Waals surface area contributed by atoms with Crippen molar-refractivity contribution in [1.29, 1.82) is 0 Å². The quantitative estimate of drug-likeness (QED) is 0.488. The Morgan fingerprint density at radius 1 is 1.28 bits per heavy atom. The molecule has 0 spiro atoms. The van der Waals surface area contributed by atoms with Crippen LogP contribution < -0.4 is 10.0 Å². The van der Waals surface area contributed by atoms with Crippen molar-refractivity contribution in [2.45, 2.75) is 37.9 Å². The van der Waals surface area contributed by atoms with Gasteiger partial charge in [-0.25, -0.2) is 23.1 Å². The van der Waals surface area contributed by atoms with Gasteiger partial charge in [-0.2, -0.15) is 0 Å². The second kappa shape index (κ2) is 9.16. The van der Waals surface area contributed by atoms with Crippen LogP contribution in [0.2, 0.25) is 5.02 Å². The maximum absolute atomic E-state index is 13.0. The second-order valence-electron chi connectivity index (χ2n) is 6.12. The molecular weight excluding hydrogens is 482 g/mol. The van der Waals surface area contributed by atoms with Crippen molar-refractivity contribution < 1.29 is 8.42 Å². The lowest BCUT2D eigenvalue weighted by molar-refractivity contribution is 0.575. The van der Waals surface area contributed by atoms with Crippen molar-refractivity contribution in [3.8, 4) is 0 Å². The van der Waals surface area contributed by atoms with Gasteiger partial charge in [-0.05, 0) is 48.0 Å². The van der Waals surface area contributed by atoms with E-state index in [-0.39, 0.29) is 17.5 Å². The molecule has 0 aliphatic rings. The zero-order valence-corrected chi connectivity index (χ0v) is 18.8. The Kier molecular flexibility index (Phi) is 6.83. The molecule has 0 fully saturated rings. The summed E-state index contributed by atoms with van der Waals surface area (Å²) in [6.45, 7) is 4.41. The zero-order valence-electron chi connectivity index (χ0n) is 15.7. The van der Waals surface area contributed by atoms with Crippen LogP contribution in [0.5, 0.6) is 0 Å². The Balaban J connectivity index is 1.84. The number of hydrogen-bond acceptors (Lipinski definition) is 7. The van der Waals surface area contributed by atoms with E-state index in [2.05, 4.69) is 46.1 Å². The van der Waals surface area contributed by atoms with E-state index in [0.717, 1.165) is 4.47 Å². The third-order valence-electron chi connectivity index (χ3n) is 4.09. The topological polar surface area (TPSA) is 115 Å². The Morgan fingerprint density at radius 3 is 2.69 bits per heavy atom. The highest BCUT2D eigenvalue weighted by Crippen LogP contribution is 2.28. The fourth-order valence-electron chi connectivity index (χ4n) is 2.60. The molecule has 0 radical (unpaired) electrons. The Morgan fingerprint density at radius 2 is 2.00 bits per heavy atom. The van der Waals surface area contributed by atoms with E-state index >= 15 is 0 Å². The summed E-state index contributed by atoms with van der Waals surface area (Å²) >= 11 is 9.36. The van der Waals surface area contributed by atoms with Gasteiger partial charge in [0.2, 0.25) is 10.0 Å². The van der Waals surface area contributed by atoms with E-state index in [4.69, 9.17) is 11.6 Å². The van der Waals surface area contributed by atoms with Gasteiger partial charge in [-0.3, -0.25) is 0 Å². The van der Waals surface area contributed by atoms with Crippen LogP contribution in [0.15, 0.2) is 46.3 Å². The predicted molar refractivity (Wildman–Crippen MR) is 113 cm³/mol. The van der Waals surface area contributed by atoms with E-state index in [1.807, 2.05) is 13.8 Å². The first-order valence-corrected chi connectivity index (χ1v) is 11.4. The standard InChI is InChI=1S/C17H19BrClN7O2S/c1-3-26-10-22-25-16(26)9-23-29(27,28)15-6-13(19)4-5-14(15)24-11(2)17-20-7-12(18)8-21-17/h4-8,10-11,23-24H,3,9H2,1-2H3/t11-/m1/s1. The fourth-order valence-corrected chi connectivity index (χ4v) is 4.21. The molecule has 0 saturated carbocycles. The Bertz CT molecular complexity index is 1090. The molecule has 2 N–H and O–H groups in total. The first-order chi connectivity index (χ1) is 13.8. The minimum absolute atomic E-state index is 0.00744. The SMILES string of the molecule is CCn1cnnc1CNS(=O)(=O)c1cc(Cl)ccc1N[C@H](C)c1ncc(Br)cn1. The summed E-state index contributed by atoms with van der Waals surface area (Å²) in [5.74, 6) is 1.04. The Hall–Kier alpha value is -2.08. The molecule has 1 aromatic carbocycles. The summed E-state index contributed by atoms with van der Waals surface area (Å²) in [6, 6.07) is 4.29. The summed E-state index contributed by atoms with van der Waals surface area (Å²) < 4.78 is 31.0. The molecule has 0 amide bonds. The summed E-state index contributed by atoms with van der Waals surface area (Å²) in [7, 11) is -3.88. The smallest absolute Gasteiger partial charge is 0.243 e. The van der Waals surface area contributed by atoms with Crippen LogP contribution in [-0.4, -0.2) is 33.2 Å². The lowest BCUT2D eigenvalue weighted by Crippen LogP contribution is -2.26. The van der Waals surface area contributed by atoms with Gasteiger partial charge in [0.15, 0.2) is 0 Å². The van der Waals surface area contributed by atoms with Crippen LogP contribution >= 0.6 is 27.5 Å². The Labute approximate surface area is 182 Å². The van der Waals surface area contributed by atoms with Gasteiger partial charge in [-0.1, -0.05) is 11.6 Å². The highest BCUT2D eigenvalue weighted by molar-refractivity contribution is 9.10. The predicted octanol–water partition coefficient (Wildman–Crippen LogP) is 3.16. The van der Waals surface area contributed by atoms with Crippen molar-refractivity contribution in [2.75, 3.05) is 5.32 Å². The second-order valence-corrected chi connectivity index (χ2v) is 9.21. The summed E-state index contributed by atoms with van der Waals surface area (Å²) in [5, 5.41) is 11.2. The van der Waals surface area contributed by atoms with Gasteiger partial charge >= 0.3 is 0 Å². The van der Waals surface area contributed by atoms with E-state index in [1.54, 1.807) is 35.4 Å². The van der Waals surface area contributed by atoms with Crippen LogP contribution in [0.25, 0.3) is 0 Å². The van der Waals surface area contributed by atoms with Gasteiger partial charge in [0.05, 0.1) is 22.7 Å². The maximum atomic E-state index is 13.0. The number of benzene rings is 1. The molecule has 3 aromatic rings. The molecule has 2 aromatic heterocycles. The molecule has 9 nitrogen and oxygen atoms in total. The van der Waals surface area contributed by atoms with Gasteiger partial charge in [-0.15, -0.1) is 10.2 Å². The first-order valence-electron chi connectivity index (χ1n) is 8.70. The van der Waals surface area contributed by atoms with Gasteiger partial charge < -0.3 is 9.88 Å². The minimum Gasteiger partial charge on any atom is -0.374 e. The molecule has 12 heteroatoms. The highest BCUT2D eigenvalue weighted by Gasteiger charge is 2.22. The average molecular weight is 501 g/mol. The van der Waals surface area contributed by atoms with Crippen LogP contribution in [-0.2, 0) is 23.1 Å². The summed E-state index contributed by atoms with van der Waals surface area (Å²) in [5.41, 5.74) is 0.387. The van der Waals surface area contributed by atoms with E-state index in [0.29, 0.717) is 28.9 Å². The maximum Gasteiger partial charge on any atom is 0.243 e. The van der Waals surface area contributed by atoms with Crippen molar-refractivity contribution in [3.63, 3.8) is 0 Å². The van der Waals surface area contributed by atoms with Crippen molar-refractivity contribution in [1.82, 2.24) is 29.5 Å². The molecule has 0 bridgehead atoms. The van der Waals surface area contributed by atoms with Crippen molar-refractivity contribution >= 4 is 43.2 Å². The first kappa shape index (κ1) is 21.6. The number of nitrogens with zero attached hydrogens (tertiary/aromatic N) is 5. The highest BCUT2D eigenvalue weighted by atomic mass is 79.9. The van der Waals surface area contributed by atoms with Crippen LogP contribution in [0.4, 0.5) is 5.69 Å². The van der Waals surface area contributed by atoms with Gasteiger partial charge in [0.25, 0.3) is 0 Å². The number of aryl methyl sites for hydroxylation is 1. The zero-order chi connectivity index (χ0) is 21.0. The molecule has 2 heterocycles. The van der Waals surface area contributed by atoms with Crippen LogP contribution in [0.3, 0.4) is 0 Å². The van der Waals surface area contributed by atoms with Crippen LogP contribution in [0, 0.1) is 0 Å². The number of aromatic nitrogens is 5. The lowest BCUT2D eigenvalue weighted by Gasteiger charge is -2.18. The molecule has 3 rings (SSSR count). The molecule has 0 aliphatic carbocycles. The average Bonchev–Trinajstić information content (AvgIpc) is 3.16. The van der Waals surface area contributed by atoms with Crippen LogP contribution in [0.1, 0.15) is 31.5 Å². The van der Waals surface area contributed by atoms with E-state index in [9.17, 15) is 8.42 Å². The fraction of sp³-hybridized carbons (Fsp3) is 0.294. The van der Waals surface area contributed by atoms with E-state index in [1.165, 1.54) is 6.07 Å². The molecule has 1 atom stereocenters. The van der Waals surface area contributed by atoms with Crippen molar-refractivity contribution in [2.24, 2.45) is 0 Å². The molecular formula is C17H19BrClN7O2S. The molecule has 0 unspecified atom stereocenters. The number of sulfonamides is 1. The van der Waals surface area contributed by atoms with Gasteiger partial charge in [0, 0.05) is 24.0 Å². The molecule has 154 valence electrons. The monoisotopic (exact) mass is 499 g/mol. The third kappa shape index (κ3) is 5.30. The summed E-state index contributed by atoms with van der Waals surface area (Å²) in [6.07, 6.45) is 4.81. The number of hydrogen-bond donors (Lipinski definition) is 2. The number of nitrogens with one attached hydrogen (secondary N) is 2. The number of rotatable bonds is 8. The lowest BCUT2D eigenvalue weighted by atomic mass is 10.2. The number of anilines is 1. The third-order valence-corrected chi connectivity index (χ3v) is 6.18. The minimum atomic E-state index is -3.88. The molecule has 0 aliphatic heterocycles. The normalized spacial score (nSPS) is 12.7. The largest absolute Gasteiger partial charge is 0.374 e. The molecule has 29 heavy (non-hydrogen) atoms. The van der Waals surface area contributed by atoms with Crippen molar-refractivity contribution in [3.05, 3.63) is 58.1 Å². The number of halogens is 2. The summed E-state index contributed by atoms with van der Waals surface area (Å²) in [4.78, 5) is 8.51. The van der Waals surface area contributed by atoms with E-state index < -0.39 is 10.0 Å². The van der Waals surface area contributed by atoms with Gasteiger partial charge in [0.1, 0.15) is 22.9 Å². The molecule has 0 saturated heterocycles.